The van der Waals surface area contributed by atoms with Gasteiger partial charge in [0.05, 0.1) is 5.02 Å². The van der Waals surface area contributed by atoms with Gasteiger partial charge in [-0.3, -0.25) is 0 Å². The van der Waals surface area contributed by atoms with Crippen LogP contribution in [-0.4, -0.2) is 0 Å². The molecule has 0 radical (unpaired) electrons. The number of hydrogen-bond acceptors (Lipinski definition) is 3. The predicted octanol–water partition coefficient (Wildman–Crippen LogP) is 6.34. The van der Waals surface area contributed by atoms with Crippen LogP contribution >= 0.6 is 11.6 Å². The molecular formula is C24H17ClO3. The van der Waals surface area contributed by atoms with Crippen molar-refractivity contribution in [2.75, 3.05) is 0 Å². The number of benzene rings is 3. The average molecular weight is 389 g/mol. The lowest BCUT2D eigenvalue weighted by molar-refractivity contribution is 0.306. The van der Waals surface area contributed by atoms with Crippen LogP contribution in [0.4, 0.5) is 0 Å². The molecule has 0 saturated heterocycles. The zero-order chi connectivity index (χ0) is 19.5. The Morgan fingerprint density at radius 1 is 1.00 bits per heavy atom. The summed E-state index contributed by atoms with van der Waals surface area (Å²) in [5.74, 6) is 0.468. The number of halogens is 1. The quantitative estimate of drug-likeness (QED) is 0.375. The van der Waals surface area contributed by atoms with E-state index in [1.165, 1.54) is 6.07 Å². The van der Waals surface area contributed by atoms with Gasteiger partial charge in [-0.05, 0) is 28.3 Å². The molecule has 138 valence electrons. The van der Waals surface area contributed by atoms with Crippen LogP contribution in [0.15, 0.2) is 88.6 Å². The summed E-state index contributed by atoms with van der Waals surface area (Å²) in [6.07, 6.45) is 1.79. The van der Waals surface area contributed by atoms with Crippen molar-refractivity contribution in [3.63, 3.8) is 0 Å². The van der Waals surface area contributed by atoms with E-state index in [1.807, 2.05) is 54.6 Å². The standard InChI is InChI=1S/C24H17ClO3/c1-2-16-8-10-17(11-9-16)15-27-23-14-22-20(12-21(23)25)19(13-24(26)28-22)18-6-4-3-5-7-18/h2-14H,1,15H2. The smallest absolute Gasteiger partial charge is 0.336 e. The molecule has 0 aliphatic heterocycles. The Morgan fingerprint density at radius 3 is 2.46 bits per heavy atom. The van der Waals surface area contributed by atoms with Crippen LogP contribution in [0.1, 0.15) is 11.1 Å². The van der Waals surface area contributed by atoms with Gasteiger partial charge in [-0.15, -0.1) is 0 Å². The van der Waals surface area contributed by atoms with Gasteiger partial charge in [0.25, 0.3) is 0 Å². The van der Waals surface area contributed by atoms with E-state index in [0.29, 0.717) is 23.0 Å². The topological polar surface area (TPSA) is 39.4 Å². The fraction of sp³-hybridized carbons (Fsp3) is 0.0417. The molecule has 0 atom stereocenters. The number of fused-ring (bicyclic) bond motifs is 1. The normalized spacial score (nSPS) is 10.8. The summed E-state index contributed by atoms with van der Waals surface area (Å²) < 4.78 is 11.3. The zero-order valence-electron chi connectivity index (χ0n) is 15.0. The first kappa shape index (κ1) is 18.1. The second-order valence-electron chi connectivity index (χ2n) is 6.36. The van der Waals surface area contributed by atoms with Crippen molar-refractivity contribution >= 4 is 28.6 Å². The van der Waals surface area contributed by atoms with Crippen molar-refractivity contribution in [2.45, 2.75) is 6.61 Å². The molecule has 3 aromatic carbocycles. The fourth-order valence-corrected chi connectivity index (χ4v) is 3.26. The third-order valence-corrected chi connectivity index (χ3v) is 4.79. The molecule has 0 N–H and O–H groups in total. The van der Waals surface area contributed by atoms with Gasteiger partial charge in [-0.25, -0.2) is 4.79 Å². The average Bonchev–Trinajstić information content (AvgIpc) is 2.73. The molecule has 4 aromatic rings. The van der Waals surface area contributed by atoms with Crippen molar-refractivity contribution in [1.82, 2.24) is 0 Å². The highest BCUT2D eigenvalue weighted by atomic mass is 35.5. The summed E-state index contributed by atoms with van der Waals surface area (Å²) in [6, 6.07) is 22.5. The molecule has 0 spiro atoms. The van der Waals surface area contributed by atoms with Crippen LogP contribution in [0.2, 0.25) is 5.02 Å². The molecule has 28 heavy (non-hydrogen) atoms. The zero-order valence-corrected chi connectivity index (χ0v) is 15.8. The largest absolute Gasteiger partial charge is 0.487 e. The highest BCUT2D eigenvalue weighted by molar-refractivity contribution is 6.33. The second-order valence-corrected chi connectivity index (χ2v) is 6.77. The molecule has 0 fully saturated rings. The van der Waals surface area contributed by atoms with Crippen molar-refractivity contribution < 1.29 is 9.15 Å². The van der Waals surface area contributed by atoms with Gasteiger partial charge >= 0.3 is 5.63 Å². The minimum atomic E-state index is -0.417. The molecule has 1 aromatic heterocycles. The number of hydrogen-bond donors (Lipinski definition) is 0. The van der Waals surface area contributed by atoms with Gasteiger partial charge in [0, 0.05) is 17.5 Å². The van der Waals surface area contributed by atoms with Gasteiger partial charge < -0.3 is 9.15 Å². The molecule has 0 aliphatic carbocycles. The maximum Gasteiger partial charge on any atom is 0.336 e. The summed E-state index contributed by atoms with van der Waals surface area (Å²) >= 11 is 6.46. The molecule has 3 nitrogen and oxygen atoms in total. The lowest BCUT2D eigenvalue weighted by Crippen LogP contribution is -2.00. The molecule has 4 heteroatoms. The Labute approximate surface area is 167 Å². The van der Waals surface area contributed by atoms with Crippen LogP contribution < -0.4 is 10.4 Å². The highest BCUT2D eigenvalue weighted by Crippen LogP contribution is 2.35. The van der Waals surface area contributed by atoms with Crippen LogP contribution in [0.25, 0.3) is 28.2 Å². The predicted molar refractivity (Wildman–Crippen MR) is 114 cm³/mol. The van der Waals surface area contributed by atoms with E-state index < -0.39 is 5.63 Å². The minimum absolute atomic E-state index is 0.352. The SMILES string of the molecule is C=Cc1ccc(COc2cc3oc(=O)cc(-c4ccccc4)c3cc2Cl)cc1. The van der Waals surface area contributed by atoms with E-state index in [9.17, 15) is 4.79 Å². The summed E-state index contributed by atoms with van der Waals surface area (Å²) in [5, 5.41) is 1.22. The van der Waals surface area contributed by atoms with Crippen LogP contribution in [0.3, 0.4) is 0 Å². The molecule has 0 aliphatic rings. The highest BCUT2D eigenvalue weighted by Gasteiger charge is 2.12. The maximum atomic E-state index is 12.1. The van der Waals surface area contributed by atoms with Gasteiger partial charge in [0.2, 0.25) is 0 Å². The van der Waals surface area contributed by atoms with Gasteiger partial charge in [-0.2, -0.15) is 0 Å². The van der Waals surface area contributed by atoms with Crippen LogP contribution in [0, 0.1) is 0 Å². The van der Waals surface area contributed by atoms with E-state index >= 15 is 0 Å². The third kappa shape index (κ3) is 3.71. The molecule has 0 bridgehead atoms. The fourth-order valence-electron chi connectivity index (χ4n) is 3.04. The Bertz CT molecular complexity index is 1190. The Balaban J connectivity index is 1.70. The lowest BCUT2D eigenvalue weighted by Gasteiger charge is -2.11. The monoisotopic (exact) mass is 388 g/mol. The van der Waals surface area contributed by atoms with Gasteiger partial charge in [0.1, 0.15) is 17.9 Å². The van der Waals surface area contributed by atoms with Crippen molar-refractivity contribution in [3.05, 3.63) is 106 Å². The molecule has 1 heterocycles. The van der Waals surface area contributed by atoms with Gasteiger partial charge in [-0.1, -0.05) is 78.9 Å². The summed E-state index contributed by atoms with van der Waals surface area (Å²) in [4.78, 5) is 12.1. The van der Waals surface area contributed by atoms with E-state index in [4.69, 9.17) is 20.8 Å². The maximum absolute atomic E-state index is 12.1. The molecular weight excluding hydrogens is 372 g/mol. The van der Waals surface area contributed by atoms with Crippen molar-refractivity contribution in [1.29, 1.82) is 0 Å². The first-order chi connectivity index (χ1) is 13.6. The summed E-state index contributed by atoms with van der Waals surface area (Å²) in [6.45, 7) is 4.10. The van der Waals surface area contributed by atoms with E-state index in [2.05, 4.69) is 6.58 Å². The molecule has 4 rings (SSSR count). The van der Waals surface area contributed by atoms with Crippen LogP contribution in [-0.2, 0) is 6.61 Å². The summed E-state index contributed by atoms with van der Waals surface area (Å²) in [7, 11) is 0. The van der Waals surface area contributed by atoms with Gasteiger partial charge in [0.15, 0.2) is 0 Å². The molecule has 0 saturated carbocycles. The Hall–Kier alpha value is -3.30. The number of rotatable bonds is 5. The molecule has 0 unspecified atom stereocenters. The Kier molecular flexibility index (Phi) is 5.00. The van der Waals surface area contributed by atoms with Crippen molar-refractivity contribution in [3.8, 4) is 16.9 Å². The first-order valence-corrected chi connectivity index (χ1v) is 9.19. The van der Waals surface area contributed by atoms with E-state index in [0.717, 1.165) is 27.6 Å². The van der Waals surface area contributed by atoms with Crippen molar-refractivity contribution in [2.24, 2.45) is 0 Å². The lowest BCUT2D eigenvalue weighted by atomic mass is 10.0. The summed E-state index contributed by atoms with van der Waals surface area (Å²) in [5.41, 5.74) is 3.77. The first-order valence-electron chi connectivity index (χ1n) is 8.81. The van der Waals surface area contributed by atoms with E-state index in [-0.39, 0.29) is 0 Å². The number of ether oxygens (including phenoxy) is 1. The third-order valence-electron chi connectivity index (χ3n) is 4.49. The molecule has 0 amide bonds. The second kappa shape index (κ2) is 7.75. The minimum Gasteiger partial charge on any atom is -0.487 e. The van der Waals surface area contributed by atoms with E-state index in [1.54, 1.807) is 18.2 Å². The Morgan fingerprint density at radius 2 is 1.75 bits per heavy atom. The van der Waals surface area contributed by atoms with Crippen LogP contribution in [0.5, 0.6) is 5.75 Å².